The van der Waals surface area contributed by atoms with E-state index in [0.29, 0.717) is 24.2 Å². The first-order chi connectivity index (χ1) is 13.2. The lowest BCUT2D eigenvalue weighted by Crippen LogP contribution is -2.12. The Morgan fingerprint density at radius 1 is 0.963 bits per heavy atom. The molecule has 0 saturated heterocycles. The number of esters is 1. The number of nitrogens with one attached hydrogen (secondary N) is 1. The monoisotopic (exact) mass is 357 g/mol. The van der Waals surface area contributed by atoms with Crippen molar-refractivity contribution in [1.82, 2.24) is 0 Å². The molecule has 0 aromatic heterocycles. The van der Waals surface area contributed by atoms with Crippen molar-refractivity contribution in [2.24, 2.45) is 0 Å². The molecule has 0 atom stereocenters. The van der Waals surface area contributed by atoms with Crippen molar-refractivity contribution in [1.29, 1.82) is 0 Å². The quantitative estimate of drug-likeness (QED) is 0.692. The van der Waals surface area contributed by atoms with Crippen molar-refractivity contribution >= 4 is 17.6 Å². The van der Waals surface area contributed by atoms with Crippen LogP contribution in [0.15, 0.2) is 66.7 Å². The van der Waals surface area contributed by atoms with Crippen LogP contribution in [0.3, 0.4) is 0 Å². The summed E-state index contributed by atoms with van der Waals surface area (Å²) >= 11 is 0. The molecule has 3 aromatic carbocycles. The molecule has 1 heterocycles. The number of carbonyl (C=O) groups excluding carboxylic acids is 2. The summed E-state index contributed by atoms with van der Waals surface area (Å²) in [7, 11) is 0. The third kappa shape index (κ3) is 3.34. The summed E-state index contributed by atoms with van der Waals surface area (Å²) in [5.41, 5.74) is 6.05. The van der Waals surface area contributed by atoms with Crippen molar-refractivity contribution in [3.63, 3.8) is 0 Å². The van der Waals surface area contributed by atoms with Gasteiger partial charge >= 0.3 is 5.97 Å². The molecule has 1 aliphatic rings. The molecular formula is C23H19NO3. The highest BCUT2D eigenvalue weighted by Gasteiger charge is 2.19. The van der Waals surface area contributed by atoms with E-state index in [-0.39, 0.29) is 11.9 Å². The zero-order valence-corrected chi connectivity index (χ0v) is 15.0. The van der Waals surface area contributed by atoms with Gasteiger partial charge in [0.2, 0.25) is 0 Å². The van der Waals surface area contributed by atoms with Gasteiger partial charge in [-0.15, -0.1) is 0 Å². The fourth-order valence-corrected chi connectivity index (χ4v) is 3.33. The molecule has 134 valence electrons. The van der Waals surface area contributed by atoms with Gasteiger partial charge in [0.25, 0.3) is 5.91 Å². The molecule has 0 radical (unpaired) electrons. The molecule has 27 heavy (non-hydrogen) atoms. The van der Waals surface area contributed by atoms with Gasteiger partial charge in [-0.3, -0.25) is 4.79 Å². The van der Waals surface area contributed by atoms with Crippen LogP contribution in [0.1, 0.15) is 38.8 Å². The highest BCUT2D eigenvalue weighted by Crippen LogP contribution is 2.29. The minimum Gasteiger partial charge on any atom is -0.462 e. The van der Waals surface area contributed by atoms with Gasteiger partial charge in [-0.25, -0.2) is 4.79 Å². The van der Waals surface area contributed by atoms with E-state index in [4.69, 9.17) is 4.74 Å². The minimum atomic E-state index is -0.330. The van der Waals surface area contributed by atoms with Crippen molar-refractivity contribution in [3.8, 4) is 11.1 Å². The summed E-state index contributed by atoms with van der Waals surface area (Å²) in [5, 5.41) is 3.00. The number of ether oxygens (including phenoxy) is 1. The van der Waals surface area contributed by atoms with Gasteiger partial charge in [0.1, 0.15) is 0 Å². The van der Waals surface area contributed by atoms with Crippen LogP contribution in [-0.4, -0.2) is 18.5 Å². The largest absolute Gasteiger partial charge is 0.462 e. The Morgan fingerprint density at radius 2 is 1.70 bits per heavy atom. The standard InChI is InChI=1S/C23H19NO3/c1-2-27-23(26)16-9-7-15(8-10-16)17-11-12-18-13-19-5-3-4-6-21(19)24-22(25)20(18)14-17/h3-12,14H,2,13H2,1H3,(H,24,25). The van der Waals surface area contributed by atoms with Gasteiger partial charge in [-0.1, -0.05) is 42.5 Å². The summed E-state index contributed by atoms with van der Waals surface area (Å²) in [6.45, 7) is 2.13. The molecule has 1 N–H and O–H groups in total. The molecule has 0 saturated carbocycles. The van der Waals surface area contributed by atoms with Gasteiger partial charge in [0.15, 0.2) is 0 Å². The number of rotatable bonds is 3. The molecule has 4 heteroatoms. The van der Waals surface area contributed by atoms with Gasteiger partial charge in [-0.05, 0) is 53.4 Å². The fraction of sp³-hybridized carbons (Fsp3) is 0.130. The summed E-state index contributed by atoms with van der Waals surface area (Å²) in [5.74, 6) is -0.428. The Bertz CT molecular complexity index is 1020. The van der Waals surface area contributed by atoms with Crippen LogP contribution < -0.4 is 5.32 Å². The summed E-state index contributed by atoms with van der Waals surface area (Å²) in [4.78, 5) is 24.5. The predicted octanol–water partition coefficient (Wildman–Crippen LogP) is 4.69. The van der Waals surface area contributed by atoms with Crippen molar-refractivity contribution in [2.75, 3.05) is 11.9 Å². The molecule has 3 aromatic rings. The summed E-state index contributed by atoms with van der Waals surface area (Å²) in [6.07, 6.45) is 0.715. The number of anilines is 1. The first-order valence-electron chi connectivity index (χ1n) is 8.95. The molecule has 0 fully saturated rings. The molecular weight excluding hydrogens is 338 g/mol. The van der Waals surface area contributed by atoms with Gasteiger partial charge in [0.05, 0.1) is 12.2 Å². The number of carbonyl (C=O) groups is 2. The highest BCUT2D eigenvalue weighted by atomic mass is 16.5. The number of amides is 1. The minimum absolute atomic E-state index is 0.0973. The molecule has 1 aliphatic heterocycles. The Balaban J connectivity index is 1.66. The number of hydrogen-bond acceptors (Lipinski definition) is 3. The molecule has 1 amide bonds. The number of fused-ring (bicyclic) bond motifs is 2. The van der Waals surface area contributed by atoms with E-state index in [1.54, 1.807) is 19.1 Å². The molecule has 4 nitrogen and oxygen atoms in total. The molecule has 0 bridgehead atoms. The lowest BCUT2D eigenvalue weighted by Gasteiger charge is -2.09. The second kappa shape index (κ2) is 7.08. The first-order valence-corrected chi connectivity index (χ1v) is 8.95. The maximum Gasteiger partial charge on any atom is 0.338 e. The van der Waals surface area contributed by atoms with Crippen LogP contribution in [-0.2, 0) is 11.2 Å². The van der Waals surface area contributed by atoms with Crippen LogP contribution in [0, 0.1) is 0 Å². The van der Waals surface area contributed by atoms with E-state index < -0.39 is 0 Å². The first kappa shape index (κ1) is 17.0. The Hall–Kier alpha value is -3.40. The van der Waals surface area contributed by atoms with E-state index in [9.17, 15) is 9.59 Å². The van der Waals surface area contributed by atoms with E-state index in [1.165, 1.54) is 0 Å². The van der Waals surface area contributed by atoms with E-state index in [0.717, 1.165) is 27.9 Å². The van der Waals surface area contributed by atoms with Crippen molar-refractivity contribution < 1.29 is 14.3 Å². The van der Waals surface area contributed by atoms with E-state index >= 15 is 0 Å². The summed E-state index contributed by atoms with van der Waals surface area (Å²) < 4.78 is 5.01. The van der Waals surface area contributed by atoms with Gasteiger partial charge in [0, 0.05) is 17.7 Å². The number of benzene rings is 3. The maximum absolute atomic E-state index is 12.7. The zero-order chi connectivity index (χ0) is 18.8. The lowest BCUT2D eigenvalue weighted by atomic mass is 9.95. The Morgan fingerprint density at radius 3 is 2.48 bits per heavy atom. The average Bonchev–Trinajstić information content (AvgIpc) is 2.83. The second-order valence-electron chi connectivity index (χ2n) is 6.46. The second-order valence-corrected chi connectivity index (χ2v) is 6.46. The van der Waals surface area contributed by atoms with Gasteiger partial charge in [-0.2, -0.15) is 0 Å². The normalized spacial score (nSPS) is 12.4. The van der Waals surface area contributed by atoms with Crippen LogP contribution in [0.2, 0.25) is 0 Å². The van der Waals surface area contributed by atoms with Crippen LogP contribution in [0.5, 0.6) is 0 Å². The number of para-hydroxylation sites is 1. The van der Waals surface area contributed by atoms with Crippen LogP contribution in [0.25, 0.3) is 11.1 Å². The molecule has 0 spiro atoms. The van der Waals surface area contributed by atoms with Gasteiger partial charge < -0.3 is 10.1 Å². The van der Waals surface area contributed by atoms with Crippen molar-refractivity contribution in [2.45, 2.75) is 13.3 Å². The Kier molecular flexibility index (Phi) is 4.47. The maximum atomic E-state index is 12.7. The molecule has 0 aliphatic carbocycles. The smallest absolute Gasteiger partial charge is 0.338 e. The molecule has 0 unspecified atom stereocenters. The third-order valence-electron chi connectivity index (χ3n) is 4.73. The third-order valence-corrected chi connectivity index (χ3v) is 4.73. The lowest BCUT2D eigenvalue weighted by molar-refractivity contribution is 0.0526. The SMILES string of the molecule is CCOC(=O)c1ccc(-c2ccc3c(c2)C(=O)Nc2ccccc2C3)cc1. The topological polar surface area (TPSA) is 55.4 Å². The van der Waals surface area contributed by atoms with Crippen molar-refractivity contribution in [3.05, 3.63) is 89.0 Å². The predicted molar refractivity (Wildman–Crippen MR) is 105 cm³/mol. The van der Waals surface area contributed by atoms with E-state index in [1.807, 2.05) is 54.6 Å². The fourth-order valence-electron chi connectivity index (χ4n) is 3.33. The average molecular weight is 357 g/mol. The summed E-state index contributed by atoms with van der Waals surface area (Å²) in [6, 6.07) is 21.0. The van der Waals surface area contributed by atoms with Crippen LogP contribution >= 0.6 is 0 Å². The molecule has 4 rings (SSSR count). The number of hydrogen-bond donors (Lipinski definition) is 1. The van der Waals surface area contributed by atoms with E-state index in [2.05, 4.69) is 5.32 Å². The highest BCUT2D eigenvalue weighted by molar-refractivity contribution is 6.07. The zero-order valence-electron chi connectivity index (χ0n) is 15.0. The Labute approximate surface area is 157 Å². The van der Waals surface area contributed by atoms with Crippen LogP contribution in [0.4, 0.5) is 5.69 Å².